The smallest absolute Gasteiger partial charge is 0.215 e. The Bertz CT molecular complexity index is 783. The standard InChI is InChI=1S/C18H18O6/c1-20-11-8-14(23-4)16-15(9-11)24-18(17(16)19)10-5-6-12(21-2)13(7-10)22-3/h5-9,18H,1-4H3. The zero-order chi connectivity index (χ0) is 17.3. The minimum absolute atomic E-state index is 0.170. The fraction of sp³-hybridized carbons (Fsp3) is 0.278. The maximum atomic E-state index is 12.8. The highest BCUT2D eigenvalue weighted by Gasteiger charge is 2.37. The minimum atomic E-state index is -0.763. The van der Waals surface area contributed by atoms with Crippen LogP contribution in [-0.4, -0.2) is 34.2 Å². The van der Waals surface area contributed by atoms with Crippen LogP contribution in [0.25, 0.3) is 0 Å². The van der Waals surface area contributed by atoms with Crippen molar-refractivity contribution >= 4 is 5.78 Å². The number of benzene rings is 2. The van der Waals surface area contributed by atoms with E-state index in [1.807, 2.05) is 0 Å². The molecule has 0 saturated carbocycles. The number of rotatable bonds is 5. The van der Waals surface area contributed by atoms with E-state index in [1.54, 1.807) is 51.7 Å². The second-order valence-corrected chi connectivity index (χ2v) is 5.18. The van der Waals surface area contributed by atoms with Gasteiger partial charge < -0.3 is 23.7 Å². The predicted molar refractivity (Wildman–Crippen MR) is 86.8 cm³/mol. The Balaban J connectivity index is 2.02. The Morgan fingerprint density at radius 3 is 2.17 bits per heavy atom. The first-order valence-corrected chi connectivity index (χ1v) is 7.31. The summed E-state index contributed by atoms with van der Waals surface area (Å²) in [4.78, 5) is 12.8. The third-order valence-corrected chi connectivity index (χ3v) is 3.93. The number of Topliss-reactive ketones (excluding diaryl/α,β-unsaturated/α-hetero) is 1. The maximum absolute atomic E-state index is 12.8. The van der Waals surface area contributed by atoms with Crippen molar-refractivity contribution in [2.45, 2.75) is 6.10 Å². The van der Waals surface area contributed by atoms with Crippen LogP contribution in [-0.2, 0) is 0 Å². The van der Waals surface area contributed by atoms with Crippen molar-refractivity contribution in [2.75, 3.05) is 28.4 Å². The van der Waals surface area contributed by atoms with Crippen LogP contribution in [0.4, 0.5) is 0 Å². The zero-order valence-electron chi connectivity index (χ0n) is 13.9. The summed E-state index contributed by atoms with van der Waals surface area (Å²) in [6.07, 6.45) is -0.763. The molecule has 0 saturated heterocycles. The average Bonchev–Trinajstić information content (AvgIpc) is 2.96. The van der Waals surface area contributed by atoms with Gasteiger partial charge in [0.25, 0.3) is 0 Å². The molecule has 0 radical (unpaired) electrons. The Morgan fingerprint density at radius 1 is 0.833 bits per heavy atom. The molecule has 0 N–H and O–H groups in total. The van der Waals surface area contributed by atoms with Crippen LogP contribution < -0.4 is 23.7 Å². The van der Waals surface area contributed by atoms with E-state index in [2.05, 4.69) is 0 Å². The Hall–Kier alpha value is -2.89. The first-order valence-electron chi connectivity index (χ1n) is 7.31. The van der Waals surface area contributed by atoms with Gasteiger partial charge in [0.05, 0.1) is 28.4 Å². The second kappa shape index (κ2) is 6.31. The van der Waals surface area contributed by atoms with Crippen molar-refractivity contribution in [3.63, 3.8) is 0 Å². The summed E-state index contributed by atoms with van der Waals surface area (Å²) in [5.74, 6) is 2.38. The van der Waals surface area contributed by atoms with Crippen LogP contribution in [0.5, 0.6) is 28.7 Å². The molecular weight excluding hydrogens is 312 g/mol. The molecule has 0 amide bonds. The van der Waals surface area contributed by atoms with Crippen LogP contribution in [0.3, 0.4) is 0 Å². The number of hydrogen-bond acceptors (Lipinski definition) is 6. The molecule has 0 aliphatic carbocycles. The fourth-order valence-electron chi connectivity index (χ4n) is 2.73. The van der Waals surface area contributed by atoms with Crippen molar-refractivity contribution in [1.29, 1.82) is 0 Å². The van der Waals surface area contributed by atoms with Gasteiger partial charge in [0.2, 0.25) is 5.78 Å². The molecule has 6 nitrogen and oxygen atoms in total. The van der Waals surface area contributed by atoms with Crippen LogP contribution in [0.1, 0.15) is 22.0 Å². The summed E-state index contributed by atoms with van der Waals surface area (Å²) in [5.41, 5.74) is 1.09. The monoisotopic (exact) mass is 330 g/mol. The van der Waals surface area contributed by atoms with E-state index in [-0.39, 0.29) is 5.78 Å². The van der Waals surface area contributed by atoms with Gasteiger partial charge in [0.1, 0.15) is 22.8 Å². The molecule has 1 heterocycles. The summed E-state index contributed by atoms with van der Waals surface area (Å²) < 4.78 is 26.9. The highest BCUT2D eigenvalue weighted by Crippen LogP contribution is 2.45. The van der Waals surface area contributed by atoms with Gasteiger partial charge in [-0.15, -0.1) is 0 Å². The van der Waals surface area contributed by atoms with Crippen molar-refractivity contribution in [2.24, 2.45) is 0 Å². The molecule has 0 bridgehead atoms. The van der Waals surface area contributed by atoms with E-state index in [9.17, 15) is 4.79 Å². The van der Waals surface area contributed by atoms with E-state index < -0.39 is 6.10 Å². The number of ketones is 1. The quantitative estimate of drug-likeness (QED) is 0.840. The first kappa shape index (κ1) is 16.0. The van der Waals surface area contributed by atoms with Gasteiger partial charge in [-0.2, -0.15) is 0 Å². The fourth-order valence-corrected chi connectivity index (χ4v) is 2.73. The summed E-state index contributed by atoms with van der Waals surface area (Å²) in [7, 11) is 6.15. The van der Waals surface area contributed by atoms with E-state index in [0.717, 1.165) is 0 Å². The van der Waals surface area contributed by atoms with Gasteiger partial charge in [-0.3, -0.25) is 4.79 Å². The normalized spacial score (nSPS) is 15.5. The number of carbonyl (C=O) groups excluding carboxylic acids is 1. The molecule has 126 valence electrons. The molecule has 6 heteroatoms. The molecule has 0 aromatic heterocycles. The third-order valence-electron chi connectivity index (χ3n) is 3.93. The lowest BCUT2D eigenvalue weighted by Crippen LogP contribution is -2.11. The molecule has 1 aliphatic heterocycles. The molecule has 1 unspecified atom stereocenters. The lowest BCUT2D eigenvalue weighted by atomic mass is 10.0. The van der Waals surface area contributed by atoms with Gasteiger partial charge in [-0.1, -0.05) is 6.07 Å². The highest BCUT2D eigenvalue weighted by molar-refractivity contribution is 6.07. The van der Waals surface area contributed by atoms with Crippen molar-refractivity contribution < 1.29 is 28.5 Å². The summed E-state index contributed by atoms with van der Waals surface area (Å²) >= 11 is 0. The summed E-state index contributed by atoms with van der Waals surface area (Å²) in [5, 5.41) is 0. The van der Waals surface area contributed by atoms with Gasteiger partial charge in [0.15, 0.2) is 17.6 Å². The Morgan fingerprint density at radius 2 is 1.54 bits per heavy atom. The molecule has 0 fully saturated rings. The van der Waals surface area contributed by atoms with Crippen LogP contribution in [0.15, 0.2) is 30.3 Å². The molecule has 1 aliphatic rings. The average molecular weight is 330 g/mol. The number of hydrogen-bond donors (Lipinski definition) is 0. The van der Waals surface area contributed by atoms with Gasteiger partial charge in [0, 0.05) is 17.7 Å². The van der Waals surface area contributed by atoms with Crippen LogP contribution >= 0.6 is 0 Å². The van der Waals surface area contributed by atoms with Crippen molar-refractivity contribution in [3.8, 4) is 28.7 Å². The van der Waals surface area contributed by atoms with E-state index >= 15 is 0 Å². The molecule has 2 aromatic carbocycles. The van der Waals surface area contributed by atoms with Crippen LogP contribution in [0, 0.1) is 0 Å². The number of carbonyl (C=O) groups is 1. The largest absolute Gasteiger partial charge is 0.496 e. The number of ether oxygens (including phenoxy) is 5. The molecule has 0 spiro atoms. The first-order chi connectivity index (χ1) is 11.6. The molecule has 3 rings (SSSR count). The molecule has 2 aromatic rings. The Kier molecular flexibility index (Phi) is 4.20. The predicted octanol–water partition coefficient (Wildman–Crippen LogP) is 3.04. The SMILES string of the molecule is COc1cc(OC)c2c(c1)OC(c1ccc(OC)c(OC)c1)C2=O. The highest BCUT2D eigenvalue weighted by atomic mass is 16.5. The number of fused-ring (bicyclic) bond motifs is 1. The number of methoxy groups -OCH3 is 4. The molecular formula is C18H18O6. The van der Waals surface area contributed by atoms with Gasteiger partial charge in [-0.05, 0) is 12.1 Å². The van der Waals surface area contributed by atoms with Crippen LogP contribution in [0.2, 0.25) is 0 Å². The zero-order valence-corrected chi connectivity index (χ0v) is 13.9. The maximum Gasteiger partial charge on any atom is 0.215 e. The topological polar surface area (TPSA) is 63.2 Å². The third kappa shape index (κ3) is 2.50. The Labute approximate surface area is 139 Å². The van der Waals surface area contributed by atoms with Crippen molar-refractivity contribution in [1.82, 2.24) is 0 Å². The lowest BCUT2D eigenvalue weighted by Gasteiger charge is -2.13. The second-order valence-electron chi connectivity index (χ2n) is 5.18. The van der Waals surface area contributed by atoms with E-state index in [4.69, 9.17) is 23.7 Å². The molecule has 1 atom stereocenters. The minimum Gasteiger partial charge on any atom is -0.496 e. The van der Waals surface area contributed by atoms with E-state index in [1.165, 1.54) is 7.11 Å². The van der Waals surface area contributed by atoms with Crippen molar-refractivity contribution in [3.05, 3.63) is 41.5 Å². The van der Waals surface area contributed by atoms with E-state index in [0.29, 0.717) is 39.9 Å². The van der Waals surface area contributed by atoms with Gasteiger partial charge in [-0.25, -0.2) is 0 Å². The molecule has 24 heavy (non-hydrogen) atoms. The summed E-state index contributed by atoms with van der Waals surface area (Å²) in [6, 6.07) is 8.59. The summed E-state index contributed by atoms with van der Waals surface area (Å²) in [6.45, 7) is 0. The van der Waals surface area contributed by atoms with Gasteiger partial charge >= 0.3 is 0 Å². The lowest BCUT2D eigenvalue weighted by molar-refractivity contribution is 0.0856.